The van der Waals surface area contributed by atoms with Crippen molar-refractivity contribution >= 4 is 5.91 Å². The van der Waals surface area contributed by atoms with Crippen molar-refractivity contribution in [3.05, 3.63) is 76.5 Å². The quantitative estimate of drug-likeness (QED) is 0.414. The van der Waals surface area contributed by atoms with Crippen LogP contribution in [0.25, 0.3) is 22.5 Å². The van der Waals surface area contributed by atoms with Crippen molar-refractivity contribution in [2.45, 2.75) is 52.0 Å². The minimum absolute atomic E-state index is 0.0728. The molecule has 0 amide bonds. The van der Waals surface area contributed by atoms with Crippen LogP contribution in [0, 0.1) is 17.8 Å². The normalized spacial score (nSPS) is 13.8. The number of carbonyl (C=O) groups excluding carboxylic acids is 1. The van der Waals surface area contributed by atoms with Crippen molar-refractivity contribution in [1.29, 1.82) is 0 Å². The number of carbonyl (C=O) groups is 1. The second kappa shape index (κ2) is 10.6. The van der Waals surface area contributed by atoms with E-state index in [1.54, 1.807) is 17.7 Å². The summed E-state index contributed by atoms with van der Waals surface area (Å²) >= 11 is 0. The van der Waals surface area contributed by atoms with E-state index in [0.717, 1.165) is 60.1 Å². The van der Waals surface area contributed by atoms with E-state index in [1.807, 2.05) is 48.5 Å². The van der Waals surface area contributed by atoms with Gasteiger partial charge in [0.1, 0.15) is 0 Å². The fourth-order valence-corrected chi connectivity index (χ4v) is 4.91. The Morgan fingerprint density at radius 3 is 2.50 bits per heavy atom. The summed E-state index contributed by atoms with van der Waals surface area (Å²) < 4.78 is 2.99. The van der Waals surface area contributed by atoms with Crippen molar-refractivity contribution in [2.24, 2.45) is 5.92 Å². The molecule has 1 fully saturated rings. The lowest BCUT2D eigenvalue weighted by molar-refractivity contribution is 0.0796. The van der Waals surface area contributed by atoms with E-state index in [4.69, 9.17) is 0 Å². The molecule has 8 heteroatoms. The van der Waals surface area contributed by atoms with Crippen molar-refractivity contribution in [1.82, 2.24) is 29.8 Å². The third-order valence-electron chi connectivity index (χ3n) is 6.83. The van der Waals surface area contributed by atoms with Crippen LogP contribution >= 0.6 is 0 Å². The average Bonchev–Trinajstić information content (AvgIpc) is 3.57. The van der Waals surface area contributed by atoms with Crippen LogP contribution in [-0.4, -0.2) is 35.7 Å². The van der Waals surface area contributed by atoms with E-state index in [1.165, 1.54) is 4.57 Å². The van der Waals surface area contributed by atoms with Crippen LogP contribution < -0.4 is 5.69 Å². The van der Waals surface area contributed by atoms with Crippen LogP contribution in [0.3, 0.4) is 0 Å². The van der Waals surface area contributed by atoms with Gasteiger partial charge in [-0.25, -0.2) is 14.5 Å². The molecule has 0 saturated heterocycles. The van der Waals surface area contributed by atoms with Gasteiger partial charge in [0.15, 0.2) is 5.82 Å². The van der Waals surface area contributed by atoms with E-state index in [2.05, 4.69) is 32.5 Å². The Labute approximate surface area is 209 Å². The van der Waals surface area contributed by atoms with Gasteiger partial charge in [0.05, 0.1) is 18.7 Å². The maximum absolute atomic E-state index is 13.3. The Morgan fingerprint density at radius 1 is 1.06 bits per heavy atom. The zero-order valence-electron chi connectivity index (χ0n) is 20.3. The second-order valence-corrected chi connectivity index (χ2v) is 9.13. The molecule has 0 aliphatic heterocycles. The summed E-state index contributed by atoms with van der Waals surface area (Å²) in [4.78, 5) is 26.5. The first kappa shape index (κ1) is 23.5. The minimum Gasteiger partial charge on any atom is -0.291 e. The van der Waals surface area contributed by atoms with Gasteiger partial charge in [0.2, 0.25) is 5.91 Å². The molecule has 4 aromatic rings. The number of imidazole rings is 1. The molecule has 8 nitrogen and oxygen atoms in total. The van der Waals surface area contributed by atoms with E-state index >= 15 is 0 Å². The van der Waals surface area contributed by atoms with Crippen molar-refractivity contribution < 1.29 is 4.79 Å². The van der Waals surface area contributed by atoms with Crippen LogP contribution in [-0.2, 0) is 13.0 Å². The van der Waals surface area contributed by atoms with Gasteiger partial charge >= 0.3 is 5.69 Å². The van der Waals surface area contributed by atoms with Crippen LogP contribution in [0.5, 0.6) is 0 Å². The number of tetrazole rings is 1. The first-order chi connectivity index (χ1) is 17.7. The van der Waals surface area contributed by atoms with Gasteiger partial charge in [-0.3, -0.25) is 9.36 Å². The van der Waals surface area contributed by atoms with Crippen LogP contribution in [0.1, 0.15) is 55.1 Å². The molecule has 1 N–H and O–H groups in total. The highest BCUT2D eigenvalue weighted by Crippen LogP contribution is 2.30. The third-order valence-corrected chi connectivity index (χ3v) is 6.83. The number of nitrogens with one attached hydrogen (secondary N) is 1. The number of H-pyrrole nitrogens is 1. The minimum atomic E-state index is -0.286. The number of aromatic nitrogens is 6. The molecule has 0 unspecified atom stereocenters. The predicted molar refractivity (Wildman–Crippen MR) is 137 cm³/mol. The molecular weight excluding hydrogens is 452 g/mol. The zero-order valence-corrected chi connectivity index (χ0v) is 20.3. The highest BCUT2D eigenvalue weighted by atomic mass is 16.2. The Morgan fingerprint density at radius 2 is 1.81 bits per heavy atom. The third kappa shape index (κ3) is 4.78. The number of rotatable bonds is 6. The maximum atomic E-state index is 13.3. The molecule has 182 valence electrons. The van der Waals surface area contributed by atoms with Gasteiger partial charge in [-0.05, 0) is 46.9 Å². The topological polar surface area (TPSA) is 98.5 Å². The number of hydrogen-bond donors (Lipinski definition) is 1. The molecule has 1 aliphatic rings. The van der Waals surface area contributed by atoms with Gasteiger partial charge in [-0.1, -0.05) is 73.7 Å². The molecule has 1 saturated carbocycles. The number of hydrogen-bond acceptors (Lipinski definition) is 5. The Bertz CT molecular complexity index is 1460. The summed E-state index contributed by atoms with van der Waals surface area (Å²) in [6, 6.07) is 16.0. The largest absolute Gasteiger partial charge is 0.335 e. The van der Waals surface area contributed by atoms with Crippen LogP contribution in [0.2, 0.25) is 0 Å². The average molecular weight is 481 g/mol. The lowest BCUT2D eigenvalue weighted by Gasteiger charge is -2.19. The second-order valence-electron chi connectivity index (χ2n) is 9.13. The van der Waals surface area contributed by atoms with Crippen molar-refractivity contribution in [2.75, 3.05) is 0 Å². The summed E-state index contributed by atoms with van der Waals surface area (Å²) in [6.07, 6.45) is 7.08. The van der Waals surface area contributed by atoms with Gasteiger partial charge < -0.3 is 0 Å². The van der Waals surface area contributed by atoms with Crippen LogP contribution in [0.15, 0.2) is 59.5 Å². The molecule has 0 spiro atoms. The summed E-state index contributed by atoms with van der Waals surface area (Å²) in [6.45, 7) is 2.15. The maximum Gasteiger partial charge on any atom is 0.335 e. The van der Waals surface area contributed by atoms with Crippen LogP contribution in [0.4, 0.5) is 0 Å². The van der Waals surface area contributed by atoms with E-state index in [-0.39, 0.29) is 17.5 Å². The summed E-state index contributed by atoms with van der Waals surface area (Å²) in [7, 11) is 0. The SMILES string of the molecule is CC#CCc1cn(C(=O)C2CCCCC2)c(=O)n1Cc1ccc(-c2ccccc2-c2nnn[nH]2)cc1. The summed E-state index contributed by atoms with van der Waals surface area (Å²) in [5, 5.41) is 14.2. The smallest absolute Gasteiger partial charge is 0.291 e. The number of nitrogens with zero attached hydrogens (tertiary/aromatic N) is 5. The van der Waals surface area contributed by atoms with Gasteiger partial charge in [-0.2, -0.15) is 0 Å². The van der Waals surface area contributed by atoms with Gasteiger partial charge in [0.25, 0.3) is 0 Å². The lowest BCUT2D eigenvalue weighted by atomic mass is 9.88. The zero-order chi connectivity index (χ0) is 24.9. The fraction of sp³-hybridized carbons (Fsp3) is 0.321. The molecule has 0 atom stereocenters. The van der Waals surface area contributed by atoms with E-state index in [0.29, 0.717) is 18.8 Å². The highest BCUT2D eigenvalue weighted by molar-refractivity contribution is 5.81. The Kier molecular flexibility index (Phi) is 6.89. The summed E-state index contributed by atoms with van der Waals surface area (Å²) in [5.41, 5.74) is 4.36. The molecule has 2 heterocycles. The van der Waals surface area contributed by atoms with Crippen molar-refractivity contribution in [3.63, 3.8) is 0 Å². The first-order valence-electron chi connectivity index (χ1n) is 12.3. The standard InChI is InChI=1S/C28H28N6O2/c1-2-3-11-23-19-34(27(35)22-9-5-4-6-10-22)28(36)33(23)18-20-14-16-21(17-15-20)24-12-7-8-13-25(24)26-29-31-32-30-26/h7-8,12-17,19,22H,4-6,9-11,18H2,1H3,(H,29,30,31,32). The van der Waals surface area contributed by atoms with E-state index < -0.39 is 0 Å². The summed E-state index contributed by atoms with van der Waals surface area (Å²) in [5.74, 6) is 6.39. The predicted octanol–water partition coefficient (Wildman–Crippen LogP) is 4.33. The number of benzene rings is 2. The molecule has 0 bridgehead atoms. The van der Waals surface area contributed by atoms with Crippen molar-refractivity contribution in [3.8, 4) is 34.4 Å². The number of aromatic amines is 1. The molecule has 1 aliphatic carbocycles. The lowest BCUT2D eigenvalue weighted by Crippen LogP contribution is -2.34. The molecule has 2 aromatic carbocycles. The first-order valence-corrected chi connectivity index (χ1v) is 12.3. The van der Waals surface area contributed by atoms with Gasteiger partial charge in [-0.15, -0.1) is 11.0 Å². The Balaban J connectivity index is 1.43. The fourth-order valence-electron chi connectivity index (χ4n) is 4.91. The molecule has 5 rings (SSSR count). The Hall–Kier alpha value is -4.25. The highest BCUT2D eigenvalue weighted by Gasteiger charge is 2.25. The van der Waals surface area contributed by atoms with Gasteiger partial charge in [0, 0.05) is 17.7 Å². The molecular formula is C28H28N6O2. The molecule has 2 aromatic heterocycles. The molecule has 36 heavy (non-hydrogen) atoms. The van der Waals surface area contributed by atoms with E-state index in [9.17, 15) is 9.59 Å². The monoisotopic (exact) mass is 480 g/mol. The molecule has 0 radical (unpaired) electrons.